The van der Waals surface area contributed by atoms with E-state index in [9.17, 15) is 22.4 Å². The molecule has 0 spiro atoms. The number of carbonyl (C=O) groups excluding carboxylic acids is 2. The molecule has 0 aromatic heterocycles. The number of ketones is 1. The van der Waals surface area contributed by atoms with Gasteiger partial charge in [-0.25, -0.2) is 17.6 Å². The van der Waals surface area contributed by atoms with Gasteiger partial charge >= 0.3 is 5.97 Å². The van der Waals surface area contributed by atoms with E-state index >= 15 is 0 Å². The van der Waals surface area contributed by atoms with Gasteiger partial charge in [-0.3, -0.25) is 9.52 Å². The number of anilines is 1. The number of esters is 1. The summed E-state index contributed by atoms with van der Waals surface area (Å²) in [5.41, 5.74) is 0.279. The summed E-state index contributed by atoms with van der Waals surface area (Å²) in [6, 6.07) is 9.26. The molecule has 138 valence electrons. The molecule has 0 atom stereocenters. The van der Waals surface area contributed by atoms with Crippen molar-refractivity contribution in [2.75, 3.05) is 24.7 Å². The summed E-state index contributed by atoms with van der Waals surface area (Å²) in [7, 11) is -2.19. The number of sulfonamides is 1. The maximum Gasteiger partial charge on any atom is 0.338 e. The van der Waals surface area contributed by atoms with Crippen molar-refractivity contribution in [2.24, 2.45) is 0 Å². The Morgan fingerprint density at radius 3 is 2.46 bits per heavy atom. The lowest BCUT2D eigenvalue weighted by molar-refractivity contribution is 0.0474. The van der Waals surface area contributed by atoms with E-state index in [0.29, 0.717) is 0 Å². The van der Waals surface area contributed by atoms with E-state index in [1.165, 1.54) is 43.5 Å². The van der Waals surface area contributed by atoms with Crippen LogP contribution < -0.4 is 9.46 Å². The number of hydrogen-bond donors (Lipinski definition) is 1. The lowest BCUT2D eigenvalue weighted by Crippen LogP contribution is -2.15. The van der Waals surface area contributed by atoms with Crippen LogP contribution in [0, 0.1) is 5.82 Å². The summed E-state index contributed by atoms with van der Waals surface area (Å²) in [4.78, 5) is 24.0. The van der Waals surface area contributed by atoms with Gasteiger partial charge in [-0.15, -0.1) is 0 Å². The van der Waals surface area contributed by atoms with Gasteiger partial charge in [0.25, 0.3) is 0 Å². The minimum Gasteiger partial charge on any atom is -0.494 e. The molecule has 0 aliphatic carbocycles. The third-order valence-electron chi connectivity index (χ3n) is 3.21. The molecule has 0 heterocycles. The zero-order chi connectivity index (χ0) is 19.3. The Balaban J connectivity index is 2.03. The minimum atomic E-state index is -3.49. The Morgan fingerprint density at radius 1 is 1.12 bits per heavy atom. The van der Waals surface area contributed by atoms with E-state index in [1.807, 2.05) is 0 Å². The average Bonchev–Trinajstić information content (AvgIpc) is 2.58. The van der Waals surface area contributed by atoms with Crippen LogP contribution in [-0.2, 0) is 14.8 Å². The Morgan fingerprint density at radius 2 is 1.85 bits per heavy atom. The fourth-order valence-electron chi connectivity index (χ4n) is 2.06. The highest BCUT2D eigenvalue weighted by Gasteiger charge is 2.14. The van der Waals surface area contributed by atoms with Gasteiger partial charge in [-0.2, -0.15) is 0 Å². The smallest absolute Gasteiger partial charge is 0.338 e. The van der Waals surface area contributed by atoms with Crippen LogP contribution >= 0.6 is 0 Å². The molecule has 2 aromatic carbocycles. The molecule has 0 unspecified atom stereocenters. The third kappa shape index (κ3) is 5.28. The fourth-order valence-corrected chi connectivity index (χ4v) is 2.62. The van der Waals surface area contributed by atoms with Crippen LogP contribution in [0.25, 0.3) is 0 Å². The lowest BCUT2D eigenvalue weighted by atomic mass is 10.1. The number of carbonyl (C=O) groups is 2. The first-order chi connectivity index (χ1) is 12.2. The van der Waals surface area contributed by atoms with Crippen LogP contribution in [0.4, 0.5) is 10.1 Å². The number of halogens is 1. The molecule has 0 saturated carbocycles. The molecule has 2 rings (SSSR count). The van der Waals surface area contributed by atoms with E-state index in [2.05, 4.69) is 4.72 Å². The van der Waals surface area contributed by atoms with Crippen molar-refractivity contribution in [2.45, 2.75) is 0 Å². The molecule has 2 aromatic rings. The molecule has 9 heteroatoms. The van der Waals surface area contributed by atoms with E-state index in [1.54, 1.807) is 0 Å². The van der Waals surface area contributed by atoms with Gasteiger partial charge in [-0.1, -0.05) is 6.07 Å². The van der Waals surface area contributed by atoms with E-state index in [0.717, 1.165) is 12.3 Å². The summed E-state index contributed by atoms with van der Waals surface area (Å²) in [5.74, 6) is -2.12. The highest BCUT2D eigenvalue weighted by atomic mass is 32.2. The fraction of sp³-hybridized carbons (Fsp3) is 0.176. The van der Waals surface area contributed by atoms with Crippen LogP contribution in [0.5, 0.6) is 5.75 Å². The summed E-state index contributed by atoms with van der Waals surface area (Å²) >= 11 is 0. The van der Waals surface area contributed by atoms with Gasteiger partial charge in [0.1, 0.15) is 0 Å². The zero-order valence-corrected chi connectivity index (χ0v) is 14.8. The SMILES string of the molecule is COc1ccc(C(=O)COC(=O)c2cccc(NS(C)(=O)=O)c2)cc1F. The second-order valence-electron chi connectivity index (χ2n) is 5.30. The number of benzene rings is 2. The summed E-state index contributed by atoms with van der Waals surface area (Å²) in [6.45, 7) is -0.589. The second-order valence-corrected chi connectivity index (χ2v) is 7.05. The van der Waals surface area contributed by atoms with Crippen molar-refractivity contribution in [1.29, 1.82) is 0 Å². The first-order valence-corrected chi connectivity index (χ1v) is 9.20. The molecule has 0 bridgehead atoms. The van der Waals surface area contributed by atoms with E-state index in [-0.39, 0.29) is 22.6 Å². The van der Waals surface area contributed by atoms with Crippen molar-refractivity contribution in [1.82, 2.24) is 0 Å². The predicted molar refractivity (Wildman–Crippen MR) is 92.5 cm³/mol. The monoisotopic (exact) mass is 381 g/mol. The van der Waals surface area contributed by atoms with Gasteiger partial charge < -0.3 is 9.47 Å². The van der Waals surface area contributed by atoms with Crippen molar-refractivity contribution >= 4 is 27.5 Å². The van der Waals surface area contributed by atoms with Gasteiger partial charge in [0.05, 0.1) is 18.9 Å². The summed E-state index contributed by atoms with van der Waals surface area (Å²) in [6.07, 6.45) is 0.977. The second kappa shape index (κ2) is 7.96. The van der Waals surface area contributed by atoms with Gasteiger partial charge in [-0.05, 0) is 36.4 Å². The predicted octanol–water partition coefficient (Wildman–Crippen LogP) is 2.25. The zero-order valence-electron chi connectivity index (χ0n) is 14.0. The van der Waals surface area contributed by atoms with Gasteiger partial charge in [0, 0.05) is 11.3 Å². The van der Waals surface area contributed by atoms with Crippen molar-refractivity contribution < 1.29 is 31.9 Å². The first-order valence-electron chi connectivity index (χ1n) is 7.31. The largest absolute Gasteiger partial charge is 0.494 e. The number of ether oxygens (including phenoxy) is 2. The first kappa shape index (κ1) is 19.4. The number of nitrogens with one attached hydrogen (secondary N) is 1. The topological polar surface area (TPSA) is 98.8 Å². The number of methoxy groups -OCH3 is 1. The number of rotatable bonds is 7. The highest BCUT2D eigenvalue weighted by Crippen LogP contribution is 2.18. The summed E-state index contributed by atoms with van der Waals surface area (Å²) in [5, 5.41) is 0. The molecule has 0 amide bonds. The van der Waals surface area contributed by atoms with Crippen LogP contribution in [0.2, 0.25) is 0 Å². The standard InChI is InChI=1S/C17H16FNO6S/c1-24-16-7-6-11(9-14(16)18)15(20)10-25-17(21)12-4-3-5-13(8-12)19-26(2,22)23/h3-9,19H,10H2,1-2H3. The van der Waals surface area contributed by atoms with Gasteiger partial charge in [0.2, 0.25) is 10.0 Å². The highest BCUT2D eigenvalue weighted by molar-refractivity contribution is 7.92. The Bertz CT molecular complexity index is 942. The molecular weight excluding hydrogens is 365 g/mol. The van der Waals surface area contributed by atoms with Crippen molar-refractivity contribution in [3.8, 4) is 5.75 Å². The quantitative estimate of drug-likeness (QED) is 0.583. The third-order valence-corrected chi connectivity index (χ3v) is 3.82. The van der Waals surface area contributed by atoms with Crippen LogP contribution in [0.3, 0.4) is 0 Å². The van der Waals surface area contributed by atoms with Crippen LogP contribution in [-0.4, -0.2) is 40.1 Å². The summed E-state index contributed by atoms with van der Waals surface area (Å²) < 4.78 is 47.9. The molecule has 26 heavy (non-hydrogen) atoms. The Kier molecular flexibility index (Phi) is 5.93. The van der Waals surface area contributed by atoms with Crippen LogP contribution in [0.1, 0.15) is 20.7 Å². The van der Waals surface area contributed by atoms with Crippen LogP contribution in [0.15, 0.2) is 42.5 Å². The number of Topliss-reactive ketones (excluding diaryl/α,β-unsaturated/α-hetero) is 1. The average molecular weight is 381 g/mol. The molecule has 0 fully saturated rings. The molecule has 0 saturated heterocycles. The van der Waals surface area contributed by atoms with E-state index < -0.39 is 34.2 Å². The number of hydrogen-bond acceptors (Lipinski definition) is 6. The Hall–Kier alpha value is -2.94. The van der Waals surface area contributed by atoms with Crippen molar-refractivity contribution in [3.63, 3.8) is 0 Å². The molecular formula is C17H16FNO6S. The normalized spacial score (nSPS) is 10.9. The maximum atomic E-state index is 13.6. The molecule has 0 aliphatic rings. The lowest BCUT2D eigenvalue weighted by Gasteiger charge is -2.08. The minimum absolute atomic E-state index is 0.00580. The van der Waals surface area contributed by atoms with Gasteiger partial charge in [0.15, 0.2) is 24.0 Å². The molecule has 0 aliphatic heterocycles. The Labute approximate surface area is 149 Å². The van der Waals surface area contributed by atoms with E-state index in [4.69, 9.17) is 9.47 Å². The molecule has 0 radical (unpaired) electrons. The molecule has 1 N–H and O–H groups in total. The maximum absolute atomic E-state index is 13.6. The molecule has 7 nitrogen and oxygen atoms in total. The van der Waals surface area contributed by atoms with Crippen molar-refractivity contribution in [3.05, 3.63) is 59.4 Å².